The van der Waals surface area contributed by atoms with Crippen molar-refractivity contribution in [1.29, 1.82) is 5.26 Å². The fourth-order valence-corrected chi connectivity index (χ4v) is 2.46. The van der Waals surface area contributed by atoms with Crippen LogP contribution < -0.4 is 5.32 Å². The maximum atomic E-state index is 9.00. The number of piperidine rings is 1. The van der Waals surface area contributed by atoms with E-state index in [0.29, 0.717) is 18.5 Å². The maximum absolute atomic E-state index is 9.00. The molecule has 0 aromatic rings. The molecule has 0 radical (unpaired) electrons. The molecule has 0 aliphatic carbocycles. The minimum absolute atomic E-state index is 0.210. The molecular formula is C12H23N3O2. The monoisotopic (exact) mass is 241 g/mol. The molecule has 1 rings (SSSR count). The summed E-state index contributed by atoms with van der Waals surface area (Å²) in [5.74, 6) is 0.466. The average Bonchev–Trinajstić information content (AvgIpc) is 2.30. The van der Waals surface area contributed by atoms with Crippen LogP contribution in [0.2, 0.25) is 0 Å². The zero-order valence-electron chi connectivity index (χ0n) is 10.3. The summed E-state index contributed by atoms with van der Waals surface area (Å²) in [6, 6.07) is 2.56. The second-order valence-electron chi connectivity index (χ2n) is 4.69. The zero-order chi connectivity index (χ0) is 12.5. The lowest BCUT2D eigenvalue weighted by Crippen LogP contribution is -2.49. The molecule has 17 heavy (non-hydrogen) atoms. The van der Waals surface area contributed by atoms with Gasteiger partial charge in [-0.3, -0.25) is 4.90 Å². The van der Waals surface area contributed by atoms with Crippen LogP contribution in [0.25, 0.3) is 0 Å². The number of nitrogens with zero attached hydrogens (tertiary/aromatic N) is 2. The first-order valence-corrected chi connectivity index (χ1v) is 6.34. The van der Waals surface area contributed by atoms with Crippen LogP contribution in [0.3, 0.4) is 0 Å². The summed E-state index contributed by atoms with van der Waals surface area (Å²) in [6.07, 6.45) is 2.62. The van der Waals surface area contributed by atoms with Crippen LogP contribution in [0.4, 0.5) is 0 Å². The van der Waals surface area contributed by atoms with Crippen LogP contribution in [-0.4, -0.2) is 60.5 Å². The normalized spacial score (nSPS) is 25.7. The van der Waals surface area contributed by atoms with Gasteiger partial charge in [-0.05, 0) is 31.7 Å². The van der Waals surface area contributed by atoms with Gasteiger partial charge in [-0.2, -0.15) is 5.26 Å². The van der Waals surface area contributed by atoms with Crippen molar-refractivity contribution in [3.8, 4) is 6.07 Å². The summed E-state index contributed by atoms with van der Waals surface area (Å²) in [5.41, 5.74) is 0. The fraction of sp³-hybridized carbons (Fsp3) is 0.917. The van der Waals surface area contributed by atoms with Crippen molar-refractivity contribution >= 4 is 0 Å². The van der Waals surface area contributed by atoms with Gasteiger partial charge in [0.15, 0.2) is 0 Å². The summed E-state index contributed by atoms with van der Waals surface area (Å²) in [6.45, 7) is 3.50. The second kappa shape index (κ2) is 8.43. The minimum Gasteiger partial charge on any atom is -0.396 e. The predicted octanol–water partition coefficient (Wildman–Crippen LogP) is -0.445. The van der Waals surface area contributed by atoms with Crippen LogP contribution in [0, 0.1) is 17.2 Å². The first-order chi connectivity index (χ1) is 8.30. The van der Waals surface area contributed by atoms with Gasteiger partial charge in [0.25, 0.3) is 0 Å². The van der Waals surface area contributed by atoms with E-state index in [9.17, 15) is 0 Å². The second-order valence-corrected chi connectivity index (χ2v) is 4.69. The van der Waals surface area contributed by atoms with Crippen molar-refractivity contribution in [2.24, 2.45) is 5.92 Å². The zero-order valence-corrected chi connectivity index (χ0v) is 10.3. The van der Waals surface area contributed by atoms with Crippen LogP contribution in [0.1, 0.15) is 19.3 Å². The lowest BCUT2D eigenvalue weighted by molar-refractivity contribution is 0.131. The molecule has 1 fully saturated rings. The Kier molecular flexibility index (Phi) is 7.13. The molecule has 2 unspecified atom stereocenters. The summed E-state index contributed by atoms with van der Waals surface area (Å²) in [5, 5.41) is 29.9. The van der Waals surface area contributed by atoms with E-state index < -0.39 is 0 Å². The Morgan fingerprint density at radius 1 is 1.29 bits per heavy atom. The Labute approximate surface area is 103 Å². The highest BCUT2D eigenvalue weighted by molar-refractivity contribution is 4.87. The number of likely N-dealkylation sites (tertiary alicyclic amines) is 1. The minimum atomic E-state index is 0.210. The van der Waals surface area contributed by atoms with Crippen LogP contribution in [0.5, 0.6) is 0 Å². The lowest BCUT2D eigenvalue weighted by atomic mass is 9.91. The van der Waals surface area contributed by atoms with E-state index >= 15 is 0 Å². The average molecular weight is 241 g/mol. The molecule has 1 aliphatic rings. The Balaban J connectivity index is 2.38. The Bertz CT molecular complexity index is 242. The van der Waals surface area contributed by atoms with Crippen molar-refractivity contribution in [2.75, 3.05) is 39.4 Å². The lowest BCUT2D eigenvalue weighted by Gasteiger charge is -2.37. The first kappa shape index (κ1) is 14.4. The summed E-state index contributed by atoms with van der Waals surface area (Å²) in [7, 11) is 0. The van der Waals surface area contributed by atoms with Crippen LogP contribution in [0.15, 0.2) is 0 Å². The number of aliphatic hydroxyl groups is 2. The van der Waals surface area contributed by atoms with Crippen molar-refractivity contribution in [1.82, 2.24) is 10.2 Å². The largest absolute Gasteiger partial charge is 0.396 e. The smallest absolute Gasteiger partial charge is 0.0866 e. The number of rotatable bonds is 7. The number of hydrogen-bond donors (Lipinski definition) is 3. The van der Waals surface area contributed by atoms with E-state index in [1.165, 1.54) is 0 Å². The molecule has 5 nitrogen and oxygen atoms in total. The third kappa shape index (κ3) is 5.46. The van der Waals surface area contributed by atoms with Crippen molar-refractivity contribution in [3.05, 3.63) is 0 Å². The molecule has 1 aliphatic heterocycles. The molecule has 0 amide bonds. The SMILES string of the molecule is N#CCN1CC(CCO)CC(NCCCO)C1. The van der Waals surface area contributed by atoms with Gasteiger partial charge in [-0.1, -0.05) is 0 Å². The van der Waals surface area contributed by atoms with E-state index in [1.54, 1.807) is 0 Å². The molecule has 0 bridgehead atoms. The van der Waals surface area contributed by atoms with Gasteiger partial charge in [0.05, 0.1) is 12.6 Å². The molecule has 0 saturated carbocycles. The van der Waals surface area contributed by atoms with Gasteiger partial charge >= 0.3 is 0 Å². The Morgan fingerprint density at radius 2 is 2.12 bits per heavy atom. The van der Waals surface area contributed by atoms with Gasteiger partial charge in [0.2, 0.25) is 0 Å². The van der Waals surface area contributed by atoms with E-state index in [2.05, 4.69) is 16.3 Å². The molecule has 0 spiro atoms. The Morgan fingerprint density at radius 3 is 2.76 bits per heavy atom. The third-order valence-electron chi connectivity index (χ3n) is 3.21. The highest BCUT2D eigenvalue weighted by Crippen LogP contribution is 2.19. The summed E-state index contributed by atoms with van der Waals surface area (Å²) < 4.78 is 0. The molecule has 2 atom stereocenters. The molecule has 5 heteroatoms. The third-order valence-corrected chi connectivity index (χ3v) is 3.21. The van der Waals surface area contributed by atoms with E-state index in [4.69, 9.17) is 15.5 Å². The number of nitriles is 1. The molecule has 98 valence electrons. The standard InChI is InChI=1S/C12H23N3O2/c13-3-5-15-9-11(2-7-17)8-12(10-15)14-4-1-6-16/h11-12,14,16-17H,1-2,4-10H2. The quantitative estimate of drug-likeness (QED) is 0.416. The van der Waals surface area contributed by atoms with E-state index in [1.807, 2.05) is 0 Å². The van der Waals surface area contributed by atoms with Gasteiger partial charge in [0, 0.05) is 32.3 Å². The van der Waals surface area contributed by atoms with E-state index in [0.717, 1.165) is 38.9 Å². The van der Waals surface area contributed by atoms with Crippen LogP contribution >= 0.6 is 0 Å². The number of nitrogens with one attached hydrogen (secondary N) is 1. The topological polar surface area (TPSA) is 79.5 Å². The molecule has 0 aromatic carbocycles. The first-order valence-electron chi connectivity index (χ1n) is 6.34. The molecule has 1 saturated heterocycles. The molecular weight excluding hydrogens is 218 g/mol. The fourth-order valence-electron chi connectivity index (χ4n) is 2.46. The molecule has 0 aromatic heterocycles. The summed E-state index contributed by atoms with van der Waals surface area (Å²) >= 11 is 0. The molecule has 3 N–H and O–H groups in total. The molecule has 1 heterocycles. The highest BCUT2D eigenvalue weighted by atomic mass is 16.3. The van der Waals surface area contributed by atoms with Gasteiger partial charge in [-0.25, -0.2) is 0 Å². The van der Waals surface area contributed by atoms with Crippen molar-refractivity contribution < 1.29 is 10.2 Å². The Hall–Kier alpha value is -0.670. The number of aliphatic hydroxyl groups excluding tert-OH is 2. The van der Waals surface area contributed by atoms with Crippen LogP contribution in [-0.2, 0) is 0 Å². The predicted molar refractivity (Wildman–Crippen MR) is 65.4 cm³/mol. The van der Waals surface area contributed by atoms with Crippen molar-refractivity contribution in [2.45, 2.75) is 25.3 Å². The summed E-state index contributed by atoms with van der Waals surface area (Å²) in [4.78, 5) is 2.14. The van der Waals surface area contributed by atoms with E-state index in [-0.39, 0.29) is 13.2 Å². The highest BCUT2D eigenvalue weighted by Gasteiger charge is 2.26. The number of hydrogen-bond acceptors (Lipinski definition) is 5. The maximum Gasteiger partial charge on any atom is 0.0866 e. The van der Waals surface area contributed by atoms with Gasteiger partial charge in [0.1, 0.15) is 0 Å². The van der Waals surface area contributed by atoms with Crippen molar-refractivity contribution in [3.63, 3.8) is 0 Å². The van der Waals surface area contributed by atoms with Gasteiger partial charge < -0.3 is 15.5 Å². The van der Waals surface area contributed by atoms with Gasteiger partial charge in [-0.15, -0.1) is 0 Å².